The summed E-state index contributed by atoms with van der Waals surface area (Å²) in [5.74, 6) is 1.10. The Kier molecular flexibility index (Phi) is 3.66. The molecule has 0 aromatic carbocycles. The van der Waals surface area contributed by atoms with Crippen molar-refractivity contribution in [2.24, 2.45) is 0 Å². The van der Waals surface area contributed by atoms with Crippen molar-refractivity contribution < 1.29 is 4.79 Å². The van der Waals surface area contributed by atoms with Crippen LogP contribution in [0.15, 0.2) is 55.0 Å². The van der Waals surface area contributed by atoms with Crippen molar-refractivity contribution in [2.75, 3.05) is 21.7 Å². The smallest absolute Gasteiger partial charge is 0.330 e. The number of urea groups is 1. The van der Waals surface area contributed by atoms with Gasteiger partial charge < -0.3 is 4.90 Å². The summed E-state index contributed by atoms with van der Waals surface area (Å²) in [7, 11) is 0. The standard InChI is InChI=1S/C20H15N7O/c21-10-13-9-14(12-22-11-13)15-4-5-16-19(24-15)27(18-6-8-26(16)18)20(28)25-17-3-1-2-7-23-17/h1-5,7,9,11-12,18H,6,8H2,(H,23,25,28). The van der Waals surface area contributed by atoms with Crippen LogP contribution in [0.4, 0.5) is 22.1 Å². The molecule has 2 aliphatic rings. The number of hydrogen-bond donors (Lipinski definition) is 1. The third kappa shape index (κ3) is 2.53. The first-order valence-electron chi connectivity index (χ1n) is 8.89. The Labute approximate surface area is 161 Å². The van der Waals surface area contributed by atoms with E-state index in [9.17, 15) is 4.79 Å². The van der Waals surface area contributed by atoms with Crippen LogP contribution in [0, 0.1) is 11.3 Å². The van der Waals surface area contributed by atoms with Crippen molar-refractivity contribution in [1.82, 2.24) is 15.0 Å². The number of nitrogens with zero attached hydrogens (tertiary/aromatic N) is 6. The molecule has 1 unspecified atom stereocenters. The van der Waals surface area contributed by atoms with E-state index < -0.39 is 0 Å². The van der Waals surface area contributed by atoms with Gasteiger partial charge >= 0.3 is 6.03 Å². The van der Waals surface area contributed by atoms with E-state index in [0.29, 0.717) is 22.9 Å². The van der Waals surface area contributed by atoms with E-state index in [0.717, 1.165) is 24.2 Å². The van der Waals surface area contributed by atoms with Gasteiger partial charge in [0.1, 0.15) is 18.1 Å². The molecule has 2 aliphatic heterocycles. The third-order valence-electron chi connectivity index (χ3n) is 4.96. The molecule has 8 nitrogen and oxygen atoms in total. The monoisotopic (exact) mass is 369 g/mol. The zero-order valence-electron chi connectivity index (χ0n) is 14.8. The van der Waals surface area contributed by atoms with E-state index in [-0.39, 0.29) is 12.2 Å². The summed E-state index contributed by atoms with van der Waals surface area (Å²) >= 11 is 0. The second-order valence-corrected chi connectivity index (χ2v) is 6.59. The lowest BCUT2D eigenvalue weighted by Crippen LogP contribution is -2.56. The summed E-state index contributed by atoms with van der Waals surface area (Å²) in [6, 6.07) is 12.8. The number of pyridine rings is 3. The molecule has 3 aromatic heterocycles. The highest BCUT2D eigenvalue weighted by Crippen LogP contribution is 2.45. The summed E-state index contributed by atoms with van der Waals surface area (Å²) in [5, 5.41) is 12.0. The number of nitrogens with one attached hydrogen (secondary N) is 1. The van der Waals surface area contributed by atoms with Crippen LogP contribution in [0.2, 0.25) is 0 Å². The van der Waals surface area contributed by atoms with Gasteiger partial charge in [-0.1, -0.05) is 6.07 Å². The van der Waals surface area contributed by atoms with E-state index in [1.54, 1.807) is 35.5 Å². The zero-order chi connectivity index (χ0) is 19.1. The number of nitriles is 1. The Morgan fingerprint density at radius 3 is 2.93 bits per heavy atom. The maximum Gasteiger partial charge on any atom is 0.330 e. The molecule has 0 spiro atoms. The predicted octanol–water partition coefficient (Wildman–Crippen LogP) is 3.00. The van der Waals surface area contributed by atoms with Gasteiger partial charge in [-0.15, -0.1) is 0 Å². The van der Waals surface area contributed by atoms with Gasteiger partial charge in [0.05, 0.1) is 16.9 Å². The minimum Gasteiger partial charge on any atom is -0.347 e. The lowest BCUT2D eigenvalue weighted by molar-refractivity contribution is 0.252. The van der Waals surface area contributed by atoms with Crippen LogP contribution < -0.4 is 15.1 Å². The zero-order valence-corrected chi connectivity index (χ0v) is 14.8. The van der Waals surface area contributed by atoms with Gasteiger partial charge in [0.25, 0.3) is 0 Å². The Hall–Kier alpha value is -3.99. The molecule has 28 heavy (non-hydrogen) atoms. The average molecular weight is 369 g/mol. The summed E-state index contributed by atoms with van der Waals surface area (Å²) in [6.45, 7) is 0.886. The number of carbonyl (C=O) groups is 1. The molecule has 0 aliphatic carbocycles. The van der Waals surface area contributed by atoms with Gasteiger partial charge in [-0.25, -0.2) is 14.8 Å². The number of rotatable bonds is 2. The third-order valence-corrected chi connectivity index (χ3v) is 4.96. The normalized spacial score (nSPS) is 16.6. The van der Waals surface area contributed by atoms with Gasteiger partial charge in [0.15, 0.2) is 5.82 Å². The number of carbonyl (C=O) groups excluding carboxylic acids is 1. The second-order valence-electron chi connectivity index (χ2n) is 6.59. The molecule has 1 saturated heterocycles. The Morgan fingerprint density at radius 1 is 1.25 bits per heavy atom. The highest BCUT2D eigenvalue weighted by Gasteiger charge is 2.46. The Morgan fingerprint density at radius 2 is 2.18 bits per heavy atom. The quantitative estimate of drug-likeness (QED) is 0.746. The summed E-state index contributed by atoms with van der Waals surface area (Å²) < 4.78 is 0. The number of hydrogen-bond acceptors (Lipinski definition) is 6. The van der Waals surface area contributed by atoms with Crippen LogP contribution in [-0.4, -0.2) is 33.7 Å². The summed E-state index contributed by atoms with van der Waals surface area (Å²) in [6.07, 6.45) is 5.65. The lowest BCUT2D eigenvalue weighted by Gasteiger charge is -2.39. The molecule has 1 N–H and O–H groups in total. The highest BCUT2D eigenvalue weighted by molar-refractivity contribution is 6.06. The molecule has 1 fully saturated rings. The molecule has 5 heterocycles. The molecule has 0 bridgehead atoms. The SMILES string of the molecule is N#Cc1cncc(-c2ccc3c(n2)N(C(=O)Nc2ccccn2)C2CCN32)c1. The van der Waals surface area contributed by atoms with Crippen LogP contribution in [-0.2, 0) is 0 Å². The van der Waals surface area contributed by atoms with Crippen molar-refractivity contribution in [1.29, 1.82) is 5.26 Å². The summed E-state index contributed by atoms with van der Waals surface area (Å²) in [5.41, 5.74) is 2.80. The molecule has 0 saturated carbocycles. The van der Waals surface area contributed by atoms with Crippen LogP contribution >= 0.6 is 0 Å². The van der Waals surface area contributed by atoms with Crippen molar-refractivity contribution in [3.63, 3.8) is 0 Å². The Balaban J connectivity index is 1.52. The molecule has 136 valence electrons. The fraction of sp³-hybridized carbons (Fsp3) is 0.150. The van der Waals surface area contributed by atoms with Gasteiger partial charge in [-0.05, 0) is 30.3 Å². The van der Waals surface area contributed by atoms with E-state index >= 15 is 0 Å². The van der Waals surface area contributed by atoms with E-state index in [1.807, 2.05) is 18.2 Å². The first kappa shape index (κ1) is 16.2. The van der Waals surface area contributed by atoms with Crippen LogP contribution in [0.3, 0.4) is 0 Å². The Bertz CT molecular complexity index is 1110. The van der Waals surface area contributed by atoms with E-state index in [1.165, 1.54) is 6.20 Å². The first-order chi connectivity index (χ1) is 13.7. The molecule has 8 heteroatoms. The number of amides is 2. The maximum absolute atomic E-state index is 13.0. The molecule has 1 atom stereocenters. The highest BCUT2D eigenvalue weighted by atomic mass is 16.2. The van der Waals surface area contributed by atoms with Crippen molar-refractivity contribution in [3.8, 4) is 17.3 Å². The van der Waals surface area contributed by atoms with Gasteiger partial charge in [0, 0.05) is 37.1 Å². The van der Waals surface area contributed by atoms with Crippen molar-refractivity contribution in [2.45, 2.75) is 12.6 Å². The van der Waals surface area contributed by atoms with E-state index in [4.69, 9.17) is 10.2 Å². The average Bonchev–Trinajstić information content (AvgIpc) is 2.94. The first-order valence-corrected chi connectivity index (χ1v) is 8.89. The van der Waals surface area contributed by atoms with Crippen LogP contribution in [0.5, 0.6) is 0 Å². The molecule has 5 rings (SSSR count). The molecular weight excluding hydrogens is 354 g/mol. The molecule has 3 aromatic rings. The van der Waals surface area contributed by atoms with Gasteiger partial charge in [-0.2, -0.15) is 5.26 Å². The second kappa shape index (κ2) is 6.32. The minimum atomic E-state index is -0.263. The van der Waals surface area contributed by atoms with Gasteiger partial charge in [-0.3, -0.25) is 15.2 Å². The fourth-order valence-corrected chi connectivity index (χ4v) is 3.55. The number of aromatic nitrogens is 3. The van der Waals surface area contributed by atoms with Gasteiger partial charge in [0.2, 0.25) is 0 Å². The maximum atomic E-state index is 13.0. The molecular formula is C20H15N7O. The van der Waals surface area contributed by atoms with Crippen molar-refractivity contribution >= 4 is 23.4 Å². The van der Waals surface area contributed by atoms with Crippen LogP contribution in [0.25, 0.3) is 11.3 Å². The molecule has 2 amide bonds. The van der Waals surface area contributed by atoms with Crippen LogP contribution in [0.1, 0.15) is 12.0 Å². The van der Waals surface area contributed by atoms with E-state index in [2.05, 4.69) is 26.3 Å². The van der Waals surface area contributed by atoms with Crippen molar-refractivity contribution in [3.05, 3.63) is 60.6 Å². The lowest BCUT2D eigenvalue weighted by atomic mass is 10.1. The number of fused-ring (bicyclic) bond motifs is 3. The minimum absolute atomic E-state index is 0.0370. The topological polar surface area (TPSA) is 98.0 Å². The molecule has 0 radical (unpaired) electrons. The fourth-order valence-electron chi connectivity index (χ4n) is 3.55. The number of anilines is 3. The largest absolute Gasteiger partial charge is 0.347 e. The summed E-state index contributed by atoms with van der Waals surface area (Å²) in [4.78, 5) is 29.8. The predicted molar refractivity (Wildman–Crippen MR) is 104 cm³/mol.